The Kier molecular flexibility index (Phi) is 2.94. The average Bonchev–Trinajstić information content (AvgIpc) is 2.09. The first-order valence-corrected chi connectivity index (χ1v) is 4.67. The fourth-order valence-electron chi connectivity index (χ4n) is 1.52. The van der Waals surface area contributed by atoms with Crippen molar-refractivity contribution in [2.45, 2.75) is 32.5 Å². The van der Waals surface area contributed by atoms with Crippen LogP contribution in [-0.4, -0.2) is 16.4 Å². The Morgan fingerprint density at radius 1 is 1.06 bits per heavy atom. The third-order valence-corrected chi connectivity index (χ3v) is 2.62. The van der Waals surface area contributed by atoms with Gasteiger partial charge in [0.25, 0.3) is 0 Å². The number of rotatable bonds is 1. The lowest BCUT2D eigenvalue weighted by atomic mass is 9.90. The van der Waals surface area contributed by atoms with E-state index in [-0.39, 0.29) is 16.9 Å². The Balaban J connectivity index is 3.39. The molecule has 1 aromatic rings. The number of phenolic OH excluding ortho intramolecular Hbond substituents is 1. The summed E-state index contributed by atoms with van der Waals surface area (Å²) < 4.78 is 37.8. The van der Waals surface area contributed by atoms with Gasteiger partial charge in [-0.3, -0.25) is 0 Å². The van der Waals surface area contributed by atoms with Crippen LogP contribution in [0.5, 0.6) is 5.75 Å². The van der Waals surface area contributed by atoms with Crippen LogP contribution in [0.25, 0.3) is 0 Å². The van der Waals surface area contributed by atoms with Crippen LogP contribution < -0.4 is 0 Å². The first-order valence-electron chi connectivity index (χ1n) is 4.67. The van der Waals surface area contributed by atoms with Crippen LogP contribution in [0.15, 0.2) is 12.1 Å². The van der Waals surface area contributed by atoms with Gasteiger partial charge < -0.3 is 10.2 Å². The number of benzene rings is 1. The summed E-state index contributed by atoms with van der Waals surface area (Å²) in [7, 11) is 0. The van der Waals surface area contributed by atoms with E-state index in [9.17, 15) is 23.4 Å². The molecule has 0 bridgehead atoms. The monoisotopic (exact) mass is 234 g/mol. The van der Waals surface area contributed by atoms with Gasteiger partial charge in [-0.25, -0.2) is 0 Å². The van der Waals surface area contributed by atoms with Crippen molar-refractivity contribution in [2.24, 2.45) is 0 Å². The summed E-state index contributed by atoms with van der Waals surface area (Å²) in [6.07, 6.45) is -4.78. The quantitative estimate of drug-likeness (QED) is 0.784. The van der Waals surface area contributed by atoms with Crippen molar-refractivity contribution in [3.8, 4) is 5.75 Å². The minimum atomic E-state index is -4.78. The first-order chi connectivity index (χ1) is 7.07. The summed E-state index contributed by atoms with van der Waals surface area (Å²) in [5.74, 6) is -0.259. The Hall–Kier alpha value is -1.23. The third-order valence-electron chi connectivity index (χ3n) is 2.62. The second kappa shape index (κ2) is 3.66. The van der Waals surface area contributed by atoms with Crippen molar-refractivity contribution in [3.05, 3.63) is 28.8 Å². The van der Waals surface area contributed by atoms with Gasteiger partial charge in [-0.15, -0.1) is 0 Å². The van der Waals surface area contributed by atoms with Gasteiger partial charge in [0.05, 0.1) is 0 Å². The molecular formula is C11H13F3O2. The summed E-state index contributed by atoms with van der Waals surface area (Å²) in [5.41, 5.74) is -2.53. The summed E-state index contributed by atoms with van der Waals surface area (Å²) in [4.78, 5) is 0. The number of phenols is 1. The number of hydrogen-bond donors (Lipinski definition) is 2. The number of aliphatic hydroxyl groups is 1. The zero-order chi connectivity index (χ0) is 12.7. The van der Waals surface area contributed by atoms with E-state index in [2.05, 4.69) is 0 Å². The fraction of sp³-hybridized carbons (Fsp3) is 0.455. The van der Waals surface area contributed by atoms with Crippen molar-refractivity contribution in [1.82, 2.24) is 0 Å². The van der Waals surface area contributed by atoms with Crippen LogP contribution in [0.2, 0.25) is 0 Å². The van der Waals surface area contributed by atoms with E-state index in [0.29, 0.717) is 12.5 Å². The topological polar surface area (TPSA) is 40.5 Å². The van der Waals surface area contributed by atoms with Gasteiger partial charge in [-0.05, 0) is 43.5 Å². The smallest absolute Gasteiger partial charge is 0.421 e. The van der Waals surface area contributed by atoms with Crippen molar-refractivity contribution < 1.29 is 23.4 Å². The van der Waals surface area contributed by atoms with Crippen molar-refractivity contribution in [1.29, 1.82) is 0 Å². The Morgan fingerprint density at radius 2 is 1.56 bits per heavy atom. The molecule has 0 amide bonds. The number of aromatic hydroxyl groups is 1. The van der Waals surface area contributed by atoms with Crippen molar-refractivity contribution >= 4 is 0 Å². The minimum absolute atomic E-state index is 0.259. The van der Waals surface area contributed by atoms with Gasteiger partial charge >= 0.3 is 6.18 Å². The maximum absolute atomic E-state index is 12.6. The first kappa shape index (κ1) is 12.8. The second-order valence-electron chi connectivity index (χ2n) is 4.02. The molecule has 0 saturated carbocycles. The van der Waals surface area contributed by atoms with E-state index >= 15 is 0 Å². The molecule has 0 saturated heterocycles. The van der Waals surface area contributed by atoms with Crippen LogP contribution >= 0.6 is 0 Å². The highest BCUT2D eigenvalue weighted by atomic mass is 19.4. The third kappa shape index (κ3) is 2.00. The molecule has 1 atom stereocenters. The molecule has 0 aliphatic carbocycles. The Bertz CT molecular complexity index is 408. The molecular weight excluding hydrogens is 221 g/mol. The molecule has 2 nitrogen and oxygen atoms in total. The van der Waals surface area contributed by atoms with E-state index in [1.807, 2.05) is 0 Å². The lowest BCUT2D eigenvalue weighted by Crippen LogP contribution is -2.39. The van der Waals surface area contributed by atoms with Crippen LogP contribution in [0.4, 0.5) is 13.2 Å². The standard InChI is InChI=1S/C11H13F3O2/c1-6-4-7(2)9(15)5-8(6)10(3,16)11(12,13)14/h4-5,15-16H,1-3H3. The molecule has 1 aromatic carbocycles. The van der Waals surface area contributed by atoms with Gasteiger partial charge in [0, 0.05) is 0 Å². The SMILES string of the molecule is Cc1cc(C)c(C(C)(O)C(F)(F)F)cc1O. The van der Waals surface area contributed by atoms with Crippen molar-refractivity contribution in [3.63, 3.8) is 0 Å². The van der Waals surface area contributed by atoms with E-state index in [1.165, 1.54) is 13.0 Å². The number of hydrogen-bond acceptors (Lipinski definition) is 2. The molecule has 0 aliphatic rings. The normalized spacial score (nSPS) is 15.9. The lowest BCUT2D eigenvalue weighted by molar-refractivity contribution is -0.259. The van der Waals surface area contributed by atoms with E-state index in [1.54, 1.807) is 6.92 Å². The fourth-order valence-corrected chi connectivity index (χ4v) is 1.52. The predicted molar refractivity (Wildman–Crippen MR) is 53.2 cm³/mol. The number of halogens is 3. The van der Waals surface area contributed by atoms with Gasteiger partial charge in [-0.2, -0.15) is 13.2 Å². The highest BCUT2D eigenvalue weighted by molar-refractivity contribution is 5.43. The summed E-state index contributed by atoms with van der Waals surface area (Å²) >= 11 is 0. The molecule has 1 unspecified atom stereocenters. The molecule has 0 aliphatic heterocycles. The van der Waals surface area contributed by atoms with Gasteiger partial charge in [0.15, 0.2) is 5.60 Å². The van der Waals surface area contributed by atoms with Gasteiger partial charge in [0.2, 0.25) is 0 Å². The minimum Gasteiger partial charge on any atom is -0.508 e. The summed E-state index contributed by atoms with van der Waals surface area (Å²) in [5, 5.41) is 18.9. The van der Waals surface area contributed by atoms with Gasteiger partial charge in [0.1, 0.15) is 5.75 Å². The van der Waals surface area contributed by atoms with E-state index in [0.717, 1.165) is 6.07 Å². The van der Waals surface area contributed by atoms with Crippen LogP contribution in [0.3, 0.4) is 0 Å². The predicted octanol–water partition coefficient (Wildman–Crippen LogP) is 2.78. The zero-order valence-electron chi connectivity index (χ0n) is 9.18. The number of alkyl halides is 3. The molecule has 90 valence electrons. The molecule has 0 heterocycles. The molecule has 0 fully saturated rings. The van der Waals surface area contributed by atoms with Crippen molar-refractivity contribution in [2.75, 3.05) is 0 Å². The largest absolute Gasteiger partial charge is 0.508 e. The molecule has 1 rings (SSSR count). The summed E-state index contributed by atoms with van der Waals surface area (Å²) in [6.45, 7) is 3.71. The van der Waals surface area contributed by atoms with Crippen LogP contribution in [0.1, 0.15) is 23.6 Å². The van der Waals surface area contributed by atoms with Gasteiger partial charge in [-0.1, -0.05) is 6.07 Å². The maximum Gasteiger partial charge on any atom is 0.421 e. The van der Waals surface area contributed by atoms with Crippen LogP contribution in [0, 0.1) is 13.8 Å². The second-order valence-corrected chi connectivity index (χ2v) is 4.02. The number of aryl methyl sites for hydroxylation is 2. The molecule has 5 heteroatoms. The maximum atomic E-state index is 12.6. The lowest BCUT2D eigenvalue weighted by Gasteiger charge is -2.28. The van der Waals surface area contributed by atoms with E-state index < -0.39 is 11.8 Å². The molecule has 2 N–H and O–H groups in total. The Labute approximate surface area is 91.3 Å². The average molecular weight is 234 g/mol. The Morgan fingerprint density at radius 3 is 2.00 bits per heavy atom. The molecule has 16 heavy (non-hydrogen) atoms. The highest BCUT2D eigenvalue weighted by Crippen LogP contribution is 2.41. The van der Waals surface area contributed by atoms with Crippen LogP contribution in [-0.2, 0) is 5.60 Å². The highest BCUT2D eigenvalue weighted by Gasteiger charge is 2.51. The van der Waals surface area contributed by atoms with E-state index in [4.69, 9.17) is 0 Å². The zero-order valence-corrected chi connectivity index (χ0v) is 9.18. The molecule has 0 radical (unpaired) electrons. The summed E-state index contributed by atoms with van der Waals surface area (Å²) in [6, 6.07) is 2.36. The molecule has 0 spiro atoms. The molecule has 0 aromatic heterocycles.